The lowest BCUT2D eigenvalue weighted by atomic mass is 10.1. The summed E-state index contributed by atoms with van der Waals surface area (Å²) in [5.41, 5.74) is 9.31. The second-order valence-electron chi connectivity index (χ2n) is 5.42. The highest BCUT2D eigenvalue weighted by atomic mass is 15.1. The Morgan fingerprint density at radius 3 is 2.81 bits per heavy atom. The van der Waals surface area contributed by atoms with E-state index in [1.165, 1.54) is 0 Å². The van der Waals surface area contributed by atoms with Gasteiger partial charge in [0.15, 0.2) is 0 Å². The van der Waals surface area contributed by atoms with Crippen LogP contribution < -0.4 is 11.1 Å². The van der Waals surface area contributed by atoms with E-state index in [0.717, 1.165) is 41.7 Å². The topological polar surface area (TPSA) is 68.8 Å². The molecule has 0 radical (unpaired) electrons. The van der Waals surface area contributed by atoms with Gasteiger partial charge >= 0.3 is 0 Å². The van der Waals surface area contributed by atoms with Gasteiger partial charge in [0.25, 0.3) is 0 Å². The summed E-state index contributed by atoms with van der Waals surface area (Å²) < 4.78 is 2.25. The maximum atomic E-state index is 6.13. The zero-order valence-corrected chi connectivity index (χ0v) is 11.7. The predicted molar refractivity (Wildman–Crippen MR) is 83.9 cm³/mol. The molecule has 3 N–H and O–H groups in total. The molecule has 4 rings (SSSR count). The van der Waals surface area contributed by atoms with Gasteiger partial charge in [0.1, 0.15) is 17.8 Å². The van der Waals surface area contributed by atoms with Gasteiger partial charge in [-0.25, -0.2) is 9.97 Å². The van der Waals surface area contributed by atoms with Gasteiger partial charge in [0, 0.05) is 24.3 Å². The van der Waals surface area contributed by atoms with Crippen LogP contribution in [0.2, 0.25) is 0 Å². The summed E-state index contributed by atoms with van der Waals surface area (Å²) in [7, 11) is 0. The zero-order valence-electron chi connectivity index (χ0n) is 11.7. The second kappa shape index (κ2) is 4.86. The average Bonchev–Trinajstić information content (AvgIpc) is 3.16. The Bertz CT molecular complexity index is 772. The van der Waals surface area contributed by atoms with Gasteiger partial charge in [0.2, 0.25) is 0 Å². The van der Waals surface area contributed by atoms with Crippen molar-refractivity contribution in [2.75, 3.05) is 18.8 Å². The highest BCUT2D eigenvalue weighted by molar-refractivity contribution is 6.00. The maximum Gasteiger partial charge on any atom is 0.146 e. The van der Waals surface area contributed by atoms with Crippen molar-refractivity contribution in [1.82, 2.24) is 19.9 Å². The lowest BCUT2D eigenvalue weighted by Gasteiger charge is -2.11. The van der Waals surface area contributed by atoms with E-state index in [2.05, 4.69) is 38.2 Å². The van der Waals surface area contributed by atoms with Crippen molar-refractivity contribution in [2.45, 2.75) is 12.5 Å². The van der Waals surface area contributed by atoms with Crippen molar-refractivity contribution in [3.05, 3.63) is 42.9 Å². The molecule has 2 aromatic heterocycles. The molecule has 5 heteroatoms. The molecule has 0 bridgehead atoms. The minimum atomic E-state index is 0.430. The molecule has 0 spiro atoms. The lowest BCUT2D eigenvalue weighted by Crippen LogP contribution is -2.13. The first-order valence-corrected chi connectivity index (χ1v) is 7.22. The first-order valence-electron chi connectivity index (χ1n) is 7.22. The summed E-state index contributed by atoms with van der Waals surface area (Å²) in [6.07, 6.45) is 4.83. The van der Waals surface area contributed by atoms with E-state index in [9.17, 15) is 0 Å². The first kappa shape index (κ1) is 12.3. The number of benzene rings is 1. The fourth-order valence-electron chi connectivity index (χ4n) is 3.10. The van der Waals surface area contributed by atoms with Crippen LogP contribution in [-0.4, -0.2) is 27.6 Å². The van der Waals surface area contributed by atoms with Crippen LogP contribution in [0.5, 0.6) is 0 Å². The Labute approximate surface area is 122 Å². The number of nitrogen functional groups attached to an aromatic ring is 1. The standard InChI is InChI=1S/C16H17N5/c17-15-14-13(11-4-2-1-3-5-11)9-21(12-6-7-18-8-12)16(14)20-10-19-15/h1-5,9-10,12,18H,6-8H2,(H2,17,19,20)/t12-/m0/s1. The van der Waals surface area contributed by atoms with Gasteiger partial charge in [-0.2, -0.15) is 0 Å². The Morgan fingerprint density at radius 2 is 2.05 bits per heavy atom. The number of hydrogen-bond donors (Lipinski definition) is 2. The molecule has 5 nitrogen and oxygen atoms in total. The van der Waals surface area contributed by atoms with Crippen molar-refractivity contribution < 1.29 is 0 Å². The van der Waals surface area contributed by atoms with E-state index >= 15 is 0 Å². The fourth-order valence-corrected chi connectivity index (χ4v) is 3.10. The quantitative estimate of drug-likeness (QED) is 0.754. The van der Waals surface area contributed by atoms with Crippen molar-refractivity contribution in [3.8, 4) is 11.1 Å². The molecule has 0 saturated carbocycles. The van der Waals surface area contributed by atoms with Crippen LogP contribution in [0.25, 0.3) is 22.2 Å². The summed E-state index contributed by atoms with van der Waals surface area (Å²) in [5.74, 6) is 0.545. The number of fused-ring (bicyclic) bond motifs is 1. The van der Waals surface area contributed by atoms with E-state index in [4.69, 9.17) is 5.73 Å². The molecule has 1 aliphatic rings. The van der Waals surface area contributed by atoms with Crippen LogP contribution in [0, 0.1) is 0 Å². The molecule has 21 heavy (non-hydrogen) atoms. The van der Waals surface area contributed by atoms with E-state index < -0.39 is 0 Å². The molecule has 3 aromatic rings. The van der Waals surface area contributed by atoms with E-state index in [1.807, 2.05) is 18.2 Å². The number of nitrogens with two attached hydrogens (primary N) is 1. The first-order chi connectivity index (χ1) is 10.3. The Balaban J connectivity index is 1.98. The number of hydrogen-bond acceptors (Lipinski definition) is 4. The highest BCUT2D eigenvalue weighted by Crippen LogP contribution is 2.34. The molecule has 3 heterocycles. The third kappa shape index (κ3) is 1.97. The van der Waals surface area contributed by atoms with Gasteiger partial charge in [-0.05, 0) is 18.5 Å². The van der Waals surface area contributed by atoms with Crippen LogP contribution >= 0.6 is 0 Å². The molecule has 0 aliphatic carbocycles. The predicted octanol–water partition coefficient (Wildman–Crippen LogP) is 2.21. The third-order valence-corrected chi connectivity index (χ3v) is 4.15. The van der Waals surface area contributed by atoms with Crippen molar-refractivity contribution in [1.29, 1.82) is 0 Å². The van der Waals surface area contributed by atoms with E-state index in [-0.39, 0.29) is 0 Å². The van der Waals surface area contributed by atoms with Crippen LogP contribution in [0.15, 0.2) is 42.9 Å². The van der Waals surface area contributed by atoms with Gasteiger partial charge < -0.3 is 15.6 Å². The minimum Gasteiger partial charge on any atom is -0.383 e. The second-order valence-corrected chi connectivity index (χ2v) is 5.42. The van der Waals surface area contributed by atoms with Crippen LogP contribution in [-0.2, 0) is 0 Å². The monoisotopic (exact) mass is 279 g/mol. The fraction of sp³-hybridized carbons (Fsp3) is 0.250. The molecule has 1 atom stereocenters. The highest BCUT2D eigenvalue weighted by Gasteiger charge is 2.22. The molecule has 106 valence electrons. The Kier molecular flexibility index (Phi) is 2.86. The number of anilines is 1. The SMILES string of the molecule is Nc1ncnc2c1c(-c1ccccc1)cn2[C@H]1CCNC1. The zero-order chi connectivity index (χ0) is 14.2. The Morgan fingerprint density at radius 1 is 1.19 bits per heavy atom. The number of rotatable bonds is 2. The summed E-state index contributed by atoms with van der Waals surface area (Å²) >= 11 is 0. The minimum absolute atomic E-state index is 0.430. The molecule has 1 aromatic carbocycles. The van der Waals surface area contributed by atoms with Crippen LogP contribution in [0.1, 0.15) is 12.5 Å². The lowest BCUT2D eigenvalue weighted by molar-refractivity contribution is 0.562. The molecule has 1 saturated heterocycles. The van der Waals surface area contributed by atoms with Crippen molar-refractivity contribution in [2.24, 2.45) is 0 Å². The summed E-state index contributed by atoms with van der Waals surface area (Å²) in [6.45, 7) is 2.02. The number of aromatic nitrogens is 3. The molecule has 0 amide bonds. The van der Waals surface area contributed by atoms with E-state index in [0.29, 0.717) is 11.9 Å². The van der Waals surface area contributed by atoms with Gasteiger partial charge in [-0.1, -0.05) is 30.3 Å². The number of nitrogens with zero attached hydrogens (tertiary/aromatic N) is 3. The molecular weight excluding hydrogens is 262 g/mol. The van der Waals surface area contributed by atoms with Crippen molar-refractivity contribution >= 4 is 16.9 Å². The van der Waals surface area contributed by atoms with Crippen molar-refractivity contribution in [3.63, 3.8) is 0 Å². The smallest absolute Gasteiger partial charge is 0.146 e. The average molecular weight is 279 g/mol. The maximum absolute atomic E-state index is 6.13. The van der Waals surface area contributed by atoms with E-state index in [1.54, 1.807) is 6.33 Å². The molecular formula is C16H17N5. The molecule has 1 aliphatic heterocycles. The third-order valence-electron chi connectivity index (χ3n) is 4.15. The normalized spacial score (nSPS) is 18.4. The number of nitrogens with one attached hydrogen (secondary N) is 1. The summed E-state index contributed by atoms with van der Waals surface area (Å²) in [6, 6.07) is 10.7. The van der Waals surface area contributed by atoms with Crippen LogP contribution in [0.3, 0.4) is 0 Å². The molecule has 1 fully saturated rings. The van der Waals surface area contributed by atoms with Crippen LogP contribution in [0.4, 0.5) is 5.82 Å². The summed E-state index contributed by atoms with van der Waals surface area (Å²) in [4.78, 5) is 8.65. The summed E-state index contributed by atoms with van der Waals surface area (Å²) in [5, 5.41) is 4.36. The van der Waals surface area contributed by atoms with Gasteiger partial charge in [-0.15, -0.1) is 0 Å². The Hall–Kier alpha value is -2.40. The van der Waals surface area contributed by atoms with Gasteiger partial charge in [-0.3, -0.25) is 0 Å². The largest absolute Gasteiger partial charge is 0.383 e. The molecule has 0 unspecified atom stereocenters. The van der Waals surface area contributed by atoms with Gasteiger partial charge in [0.05, 0.1) is 5.39 Å².